The quantitative estimate of drug-likeness (QED) is 0.639. The Balaban J connectivity index is 2.41. The SMILES string of the molecule is CCCCC[n+]1c(C(=O)O)oc2ccccc21. The van der Waals surface area contributed by atoms with Crippen LogP contribution >= 0.6 is 0 Å². The first-order valence-electron chi connectivity index (χ1n) is 5.88. The third-order valence-corrected chi connectivity index (χ3v) is 2.78. The molecule has 2 aromatic rings. The minimum Gasteiger partial charge on any atom is -0.471 e. The Labute approximate surface area is 99.5 Å². The third kappa shape index (κ3) is 2.30. The van der Waals surface area contributed by atoms with Gasteiger partial charge in [-0.2, -0.15) is 4.57 Å². The zero-order valence-corrected chi connectivity index (χ0v) is 9.85. The monoisotopic (exact) mass is 234 g/mol. The van der Waals surface area contributed by atoms with Crippen molar-refractivity contribution in [3.8, 4) is 0 Å². The van der Waals surface area contributed by atoms with Crippen molar-refractivity contribution in [1.29, 1.82) is 0 Å². The lowest BCUT2D eigenvalue weighted by molar-refractivity contribution is -0.679. The average Bonchev–Trinajstić information content (AvgIpc) is 2.69. The fourth-order valence-electron chi connectivity index (χ4n) is 1.94. The van der Waals surface area contributed by atoms with Crippen molar-refractivity contribution in [2.75, 3.05) is 0 Å². The van der Waals surface area contributed by atoms with Crippen molar-refractivity contribution in [2.45, 2.75) is 32.7 Å². The summed E-state index contributed by atoms with van der Waals surface area (Å²) < 4.78 is 7.10. The molecular weight excluding hydrogens is 218 g/mol. The van der Waals surface area contributed by atoms with Gasteiger partial charge in [-0.25, -0.2) is 4.79 Å². The van der Waals surface area contributed by atoms with E-state index in [2.05, 4.69) is 6.92 Å². The van der Waals surface area contributed by atoms with Gasteiger partial charge in [0.25, 0.3) is 5.52 Å². The molecule has 0 saturated carbocycles. The molecule has 0 spiro atoms. The van der Waals surface area contributed by atoms with Crippen LogP contribution in [0.4, 0.5) is 0 Å². The molecule has 0 amide bonds. The van der Waals surface area contributed by atoms with Gasteiger partial charge in [-0.05, 0) is 12.5 Å². The molecule has 90 valence electrons. The average molecular weight is 234 g/mol. The zero-order chi connectivity index (χ0) is 12.3. The van der Waals surface area contributed by atoms with Gasteiger partial charge < -0.3 is 9.52 Å². The maximum absolute atomic E-state index is 11.1. The number of benzene rings is 1. The first-order valence-corrected chi connectivity index (χ1v) is 5.88. The summed E-state index contributed by atoms with van der Waals surface area (Å²) >= 11 is 0. The number of unbranched alkanes of at least 4 members (excludes halogenated alkanes) is 2. The van der Waals surface area contributed by atoms with Crippen molar-refractivity contribution >= 4 is 17.1 Å². The number of nitrogens with zero attached hydrogens (tertiary/aromatic N) is 1. The van der Waals surface area contributed by atoms with Crippen LogP contribution < -0.4 is 4.57 Å². The van der Waals surface area contributed by atoms with Crippen molar-refractivity contribution in [1.82, 2.24) is 0 Å². The van der Waals surface area contributed by atoms with Gasteiger partial charge in [-0.3, -0.25) is 0 Å². The predicted octanol–water partition coefficient (Wildman–Crippen LogP) is 2.61. The second-order valence-corrected chi connectivity index (χ2v) is 4.04. The van der Waals surface area contributed by atoms with E-state index in [4.69, 9.17) is 9.52 Å². The Kier molecular flexibility index (Phi) is 3.42. The van der Waals surface area contributed by atoms with E-state index >= 15 is 0 Å². The van der Waals surface area contributed by atoms with Gasteiger partial charge in [0.1, 0.15) is 0 Å². The van der Waals surface area contributed by atoms with E-state index in [0.29, 0.717) is 12.1 Å². The second kappa shape index (κ2) is 4.99. The minimum absolute atomic E-state index is 0.0160. The number of hydrogen-bond donors (Lipinski definition) is 1. The minimum atomic E-state index is -1.02. The molecule has 1 heterocycles. The number of rotatable bonds is 5. The van der Waals surface area contributed by atoms with E-state index in [9.17, 15) is 4.79 Å². The number of carboxylic acids is 1. The summed E-state index contributed by atoms with van der Waals surface area (Å²) in [6.45, 7) is 2.81. The highest BCUT2D eigenvalue weighted by Crippen LogP contribution is 2.13. The molecule has 1 aromatic carbocycles. The van der Waals surface area contributed by atoms with Crippen LogP contribution in [0.3, 0.4) is 0 Å². The van der Waals surface area contributed by atoms with E-state index in [-0.39, 0.29) is 5.89 Å². The fraction of sp³-hybridized carbons (Fsp3) is 0.385. The molecule has 0 bridgehead atoms. The van der Waals surface area contributed by atoms with Crippen molar-refractivity contribution in [3.05, 3.63) is 30.2 Å². The maximum Gasteiger partial charge on any atom is 0.462 e. The summed E-state index contributed by atoms with van der Waals surface area (Å²) in [5.74, 6) is -1.000. The van der Waals surface area contributed by atoms with Gasteiger partial charge >= 0.3 is 11.9 Å². The van der Waals surface area contributed by atoms with Crippen LogP contribution in [0.1, 0.15) is 36.9 Å². The van der Waals surface area contributed by atoms with Crippen LogP contribution in [0.5, 0.6) is 0 Å². The van der Waals surface area contributed by atoms with E-state index in [1.807, 2.05) is 18.2 Å². The molecule has 17 heavy (non-hydrogen) atoms. The highest BCUT2D eigenvalue weighted by Gasteiger charge is 2.27. The fourth-order valence-corrected chi connectivity index (χ4v) is 1.94. The lowest BCUT2D eigenvalue weighted by atomic mass is 10.2. The standard InChI is InChI=1S/C13H15NO3/c1-2-3-6-9-14-10-7-4-5-8-11(10)17-12(14)13(15)16/h4-5,7-8H,2-3,6,9H2,1H3/p+1. The van der Waals surface area contributed by atoms with Gasteiger partial charge in [0.05, 0.1) is 0 Å². The van der Waals surface area contributed by atoms with Gasteiger partial charge in [0.2, 0.25) is 5.58 Å². The Hall–Kier alpha value is -1.84. The Morgan fingerprint density at radius 3 is 2.82 bits per heavy atom. The number of oxazole rings is 1. The Morgan fingerprint density at radius 1 is 1.35 bits per heavy atom. The summed E-state index contributed by atoms with van der Waals surface area (Å²) in [7, 11) is 0. The van der Waals surface area contributed by atoms with Gasteiger partial charge in [0.15, 0.2) is 6.54 Å². The number of aromatic carboxylic acids is 1. The molecule has 4 nitrogen and oxygen atoms in total. The summed E-state index contributed by atoms with van der Waals surface area (Å²) in [6.07, 6.45) is 3.16. The van der Waals surface area contributed by atoms with Crippen LogP contribution in [-0.4, -0.2) is 11.1 Å². The number of aromatic nitrogens is 1. The lowest BCUT2D eigenvalue weighted by Gasteiger charge is -1.94. The Bertz CT molecular complexity index is 530. The maximum atomic E-state index is 11.1. The third-order valence-electron chi connectivity index (χ3n) is 2.78. The molecule has 0 atom stereocenters. The molecule has 0 unspecified atom stereocenters. The van der Waals surface area contributed by atoms with Crippen LogP contribution in [0.25, 0.3) is 11.1 Å². The van der Waals surface area contributed by atoms with E-state index in [0.717, 1.165) is 24.8 Å². The zero-order valence-electron chi connectivity index (χ0n) is 9.85. The second-order valence-electron chi connectivity index (χ2n) is 4.04. The summed E-state index contributed by atoms with van der Waals surface area (Å²) in [4.78, 5) is 11.1. The Morgan fingerprint density at radius 2 is 2.12 bits per heavy atom. The van der Waals surface area contributed by atoms with E-state index in [1.165, 1.54) is 0 Å². The van der Waals surface area contributed by atoms with E-state index in [1.54, 1.807) is 10.6 Å². The number of carbonyl (C=O) groups is 1. The lowest BCUT2D eigenvalue weighted by Crippen LogP contribution is -2.38. The van der Waals surface area contributed by atoms with Gasteiger partial charge in [-0.15, -0.1) is 0 Å². The number of carboxylic acid groups (broad SMARTS) is 1. The summed E-state index contributed by atoms with van der Waals surface area (Å²) in [6, 6.07) is 7.41. The molecular formula is C13H16NO3+. The highest BCUT2D eigenvalue weighted by molar-refractivity contribution is 5.83. The molecule has 1 N–H and O–H groups in total. The molecule has 0 aliphatic heterocycles. The van der Waals surface area contributed by atoms with Crippen LogP contribution in [0, 0.1) is 0 Å². The smallest absolute Gasteiger partial charge is 0.462 e. The molecule has 0 aliphatic rings. The molecule has 0 aliphatic carbocycles. The molecule has 0 fully saturated rings. The largest absolute Gasteiger partial charge is 0.471 e. The number of aryl methyl sites for hydroxylation is 1. The highest BCUT2D eigenvalue weighted by atomic mass is 16.4. The van der Waals surface area contributed by atoms with Crippen molar-refractivity contribution in [3.63, 3.8) is 0 Å². The van der Waals surface area contributed by atoms with Gasteiger partial charge in [-0.1, -0.05) is 25.5 Å². The number of fused-ring (bicyclic) bond motifs is 1. The molecule has 1 aromatic heterocycles. The van der Waals surface area contributed by atoms with Crippen LogP contribution in [0.15, 0.2) is 28.7 Å². The summed E-state index contributed by atoms with van der Waals surface area (Å²) in [5, 5.41) is 9.11. The molecule has 0 radical (unpaired) electrons. The van der Waals surface area contributed by atoms with E-state index < -0.39 is 5.97 Å². The van der Waals surface area contributed by atoms with Crippen LogP contribution in [0.2, 0.25) is 0 Å². The predicted molar refractivity (Wildman–Crippen MR) is 62.9 cm³/mol. The topological polar surface area (TPSA) is 54.3 Å². The molecule has 2 rings (SSSR count). The van der Waals surface area contributed by atoms with Crippen molar-refractivity contribution in [2.24, 2.45) is 0 Å². The van der Waals surface area contributed by atoms with Crippen molar-refractivity contribution < 1.29 is 18.9 Å². The normalized spacial score (nSPS) is 10.9. The first-order chi connectivity index (χ1) is 8.24. The number of hydrogen-bond acceptors (Lipinski definition) is 2. The number of para-hydroxylation sites is 2. The van der Waals surface area contributed by atoms with Gasteiger partial charge in [0, 0.05) is 12.5 Å². The molecule has 0 saturated heterocycles. The summed E-state index contributed by atoms with van der Waals surface area (Å²) in [5.41, 5.74) is 1.47. The first kappa shape index (κ1) is 11.6. The molecule has 4 heteroatoms. The van der Waals surface area contributed by atoms with Crippen LogP contribution in [-0.2, 0) is 6.54 Å².